The number of amides is 3. The number of urea groups is 1. The van der Waals surface area contributed by atoms with E-state index in [1.807, 2.05) is 0 Å². The summed E-state index contributed by atoms with van der Waals surface area (Å²) in [5, 5.41) is 15.6. The van der Waals surface area contributed by atoms with E-state index in [1.54, 1.807) is 0 Å². The van der Waals surface area contributed by atoms with Crippen LogP contribution in [0.15, 0.2) is 36.5 Å². The summed E-state index contributed by atoms with van der Waals surface area (Å²) in [4.78, 5) is 39.5. The molecule has 0 unspecified atom stereocenters. The fourth-order valence-electron chi connectivity index (χ4n) is 2.71. The number of rotatable bonds is 4. The summed E-state index contributed by atoms with van der Waals surface area (Å²) < 4.78 is 73.4. The Morgan fingerprint density at radius 1 is 1.03 bits per heavy atom. The third-order valence-electron chi connectivity index (χ3n) is 4.33. The maximum atomic E-state index is 12.7. The first-order chi connectivity index (χ1) is 17.2. The number of benzene rings is 1. The molecule has 4 N–H and O–H groups in total. The fourth-order valence-corrected chi connectivity index (χ4v) is 2.82. The van der Waals surface area contributed by atoms with Crippen LogP contribution in [-0.2, 0) is 4.79 Å². The van der Waals surface area contributed by atoms with E-state index >= 15 is 0 Å². The number of hydrogen-bond acceptors (Lipinski definition) is 6. The Balaban J connectivity index is 0.000000604. The van der Waals surface area contributed by atoms with Crippen LogP contribution in [-0.4, -0.2) is 71.6 Å². The maximum Gasteiger partial charge on any atom is 0.573 e. The van der Waals surface area contributed by atoms with Crippen LogP contribution in [0.25, 0.3) is 0 Å². The number of alkyl halides is 6. The van der Waals surface area contributed by atoms with Gasteiger partial charge in [0.2, 0.25) is 0 Å². The van der Waals surface area contributed by atoms with E-state index < -0.39 is 36.2 Å². The lowest BCUT2D eigenvalue weighted by molar-refractivity contribution is -0.274. The molecular formula is C20H18ClF6N5O5. The van der Waals surface area contributed by atoms with Gasteiger partial charge in [0.05, 0.1) is 16.3 Å². The van der Waals surface area contributed by atoms with Gasteiger partial charge in [-0.25, -0.2) is 14.6 Å². The zero-order valence-electron chi connectivity index (χ0n) is 18.4. The molecule has 2 heterocycles. The molecule has 2 aromatic rings. The standard InChI is InChI=1S/C18H17ClF3N5O3.C2HF3O2/c19-11-1-4-15(24-10-11)26-16(28)13-9-12(30-18(20,21)22)2-3-14(13)25-17(29)27-7-5-23-6-8-27;3-2(4,5)1(6)7/h1-4,9-10,23H,5-8H2,(H,25,29)(H,24,26,28);(H,6,7). The Bertz CT molecular complexity index is 1110. The van der Waals surface area contributed by atoms with E-state index in [-0.39, 0.29) is 17.1 Å². The molecule has 10 nitrogen and oxygen atoms in total. The van der Waals surface area contributed by atoms with Gasteiger partial charge in [-0.1, -0.05) is 11.6 Å². The first kappa shape index (κ1) is 29.4. The Labute approximate surface area is 209 Å². The summed E-state index contributed by atoms with van der Waals surface area (Å²) in [6.45, 7) is 2.14. The van der Waals surface area contributed by atoms with Crippen LogP contribution in [0.3, 0.4) is 0 Å². The molecule has 0 bridgehead atoms. The van der Waals surface area contributed by atoms with Gasteiger partial charge in [-0.05, 0) is 30.3 Å². The molecule has 1 fully saturated rings. The highest BCUT2D eigenvalue weighted by Crippen LogP contribution is 2.28. The third kappa shape index (κ3) is 10.0. The number of carbonyl (C=O) groups is 3. The van der Waals surface area contributed by atoms with Gasteiger partial charge < -0.3 is 30.7 Å². The van der Waals surface area contributed by atoms with E-state index in [9.17, 15) is 35.9 Å². The molecule has 0 saturated carbocycles. The second-order valence-corrected chi connectivity index (χ2v) is 7.48. The average molecular weight is 558 g/mol. The molecule has 17 heteroatoms. The highest BCUT2D eigenvalue weighted by Gasteiger charge is 2.38. The Morgan fingerprint density at radius 3 is 2.16 bits per heavy atom. The summed E-state index contributed by atoms with van der Waals surface area (Å²) in [6.07, 6.45) is -8.72. The number of nitrogens with one attached hydrogen (secondary N) is 3. The van der Waals surface area contributed by atoms with Crippen molar-refractivity contribution in [3.63, 3.8) is 0 Å². The van der Waals surface area contributed by atoms with Gasteiger partial charge in [-0.15, -0.1) is 13.2 Å². The number of anilines is 2. The lowest BCUT2D eigenvalue weighted by Crippen LogP contribution is -2.48. The molecule has 1 aliphatic heterocycles. The number of ether oxygens (including phenoxy) is 1. The highest BCUT2D eigenvalue weighted by molar-refractivity contribution is 6.30. The minimum absolute atomic E-state index is 0.0273. The topological polar surface area (TPSA) is 133 Å². The Hall–Kier alpha value is -3.79. The summed E-state index contributed by atoms with van der Waals surface area (Å²) in [6, 6.07) is 5.52. The van der Waals surface area contributed by atoms with Gasteiger partial charge in [-0.2, -0.15) is 13.2 Å². The van der Waals surface area contributed by atoms with Gasteiger partial charge in [0.1, 0.15) is 11.6 Å². The number of aromatic nitrogens is 1. The lowest BCUT2D eigenvalue weighted by Gasteiger charge is -2.27. The summed E-state index contributed by atoms with van der Waals surface area (Å²) in [7, 11) is 0. The molecule has 0 radical (unpaired) electrons. The van der Waals surface area contributed by atoms with E-state index in [0.717, 1.165) is 12.1 Å². The largest absolute Gasteiger partial charge is 0.573 e. The molecule has 3 amide bonds. The van der Waals surface area contributed by atoms with E-state index in [4.69, 9.17) is 21.5 Å². The van der Waals surface area contributed by atoms with E-state index in [2.05, 4.69) is 25.7 Å². The third-order valence-corrected chi connectivity index (χ3v) is 4.55. The normalized spacial score (nSPS) is 13.6. The first-order valence-electron chi connectivity index (χ1n) is 10.0. The smallest absolute Gasteiger partial charge is 0.475 e. The second-order valence-electron chi connectivity index (χ2n) is 7.04. The fraction of sp³-hybridized carbons (Fsp3) is 0.300. The summed E-state index contributed by atoms with van der Waals surface area (Å²) in [5.74, 6) is -4.01. The minimum Gasteiger partial charge on any atom is -0.475 e. The van der Waals surface area contributed by atoms with Crippen LogP contribution in [0, 0.1) is 0 Å². The molecule has 0 aliphatic carbocycles. The first-order valence-corrected chi connectivity index (χ1v) is 10.4. The molecule has 1 aliphatic rings. The zero-order chi connectivity index (χ0) is 27.8. The SMILES string of the molecule is O=C(Nc1ccc(Cl)cn1)c1cc(OC(F)(F)F)ccc1NC(=O)N1CCNCC1.O=C(O)C(F)(F)F. The quantitative estimate of drug-likeness (QED) is 0.418. The number of nitrogens with zero attached hydrogens (tertiary/aromatic N) is 2. The number of carboxylic acids is 1. The molecule has 202 valence electrons. The van der Waals surface area contributed by atoms with Crippen LogP contribution in [0.1, 0.15) is 10.4 Å². The van der Waals surface area contributed by atoms with Gasteiger partial charge in [0, 0.05) is 32.4 Å². The van der Waals surface area contributed by atoms with Crippen LogP contribution in [0.4, 0.5) is 42.6 Å². The van der Waals surface area contributed by atoms with Gasteiger partial charge in [0.15, 0.2) is 0 Å². The second kappa shape index (κ2) is 12.4. The van der Waals surface area contributed by atoms with Crippen molar-refractivity contribution in [1.82, 2.24) is 15.2 Å². The van der Waals surface area contributed by atoms with E-state index in [0.29, 0.717) is 31.2 Å². The number of hydrogen-bond donors (Lipinski definition) is 4. The zero-order valence-corrected chi connectivity index (χ0v) is 19.2. The van der Waals surface area contributed by atoms with Gasteiger partial charge in [0.25, 0.3) is 5.91 Å². The van der Waals surface area contributed by atoms with Crippen LogP contribution in [0.2, 0.25) is 5.02 Å². The number of halogens is 7. The summed E-state index contributed by atoms with van der Waals surface area (Å²) >= 11 is 5.75. The van der Waals surface area contributed by atoms with Crippen molar-refractivity contribution in [3.8, 4) is 5.75 Å². The van der Waals surface area contributed by atoms with Gasteiger partial charge in [-0.3, -0.25) is 4.79 Å². The monoisotopic (exact) mass is 557 g/mol. The number of carbonyl (C=O) groups excluding carboxylic acids is 2. The number of piperazine rings is 1. The molecule has 0 spiro atoms. The minimum atomic E-state index is -5.08. The van der Waals surface area contributed by atoms with Crippen molar-refractivity contribution in [3.05, 3.63) is 47.1 Å². The Kier molecular flexibility index (Phi) is 9.90. The predicted molar refractivity (Wildman–Crippen MR) is 117 cm³/mol. The molecule has 1 aromatic heterocycles. The van der Waals surface area contributed by atoms with Gasteiger partial charge >= 0.3 is 24.5 Å². The molecule has 1 saturated heterocycles. The number of pyridine rings is 1. The van der Waals surface area contributed by atoms with Crippen molar-refractivity contribution in [2.24, 2.45) is 0 Å². The average Bonchev–Trinajstić information content (AvgIpc) is 2.81. The molecule has 1 aromatic carbocycles. The van der Waals surface area contributed by atoms with E-state index in [1.165, 1.54) is 29.3 Å². The van der Waals surface area contributed by atoms with Crippen LogP contribution >= 0.6 is 11.6 Å². The number of aliphatic carboxylic acids is 1. The van der Waals surface area contributed by atoms with Crippen molar-refractivity contribution in [2.45, 2.75) is 12.5 Å². The van der Waals surface area contributed by atoms with Crippen molar-refractivity contribution < 1.29 is 50.6 Å². The molecule has 3 rings (SSSR count). The highest BCUT2D eigenvalue weighted by atomic mass is 35.5. The Morgan fingerprint density at radius 2 is 1.65 bits per heavy atom. The van der Waals surface area contributed by atoms with Crippen LogP contribution < -0.4 is 20.7 Å². The van der Waals surface area contributed by atoms with Crippen molar-refractivity contribution >= 4 is 41.0 Å². The summed E-state index contributed by atoms with van der Waals surface area (Å²) in [5.41, 5.74) is -0.198. The number of carboxylic acid groups (broad SMARTS) is 1. The van der Waals surface area contributed by atoms with Crippen molar-refractivity contribution in [1.29, 1.82) is 0 Å². The maximum absolute atomic E-state index is 12.7. The molecular weight excluding hydrogens is 540 g/mol. The lowest BCUT2D eigenvalue weighted by atomic mass is 10.1. The molecule has 0 atom stereocenters. The predicted octanol–water partition coefficient (Wildman–Crippen LogP) is 3.96. The van der Waals surface area contributed by atoms with Crippen molar-refractivity contribution in [2.75, 3.05) is 36.8 Å². The molecule has 37 heavy (non-hydrogen) atoms. The van der Waals surface area contributed by atoms with Crippen LogP contribution in [0.5, 0.6) is 5.75 Å².